The molecule has 2 nitrogen and oxygen atoms in total. The van der Waals surface area contributed by atoms with Crippen molar-refractivity contribution in [1.29, 1.82) is 0 Å². The molecule has 0 saturated heterocycles. The quantitative estimate of drug-likeness (QED) is 0.792. The molecule has 0 heterocycles. The molecule has 5 heteroatoms. The summed E-state index contributed by atoms with van der Waals surface area (Å²) in [5, 5.41) is 10.1. The monoisotopic (exact) mass is 336 g/mol. The van der Waals surface area contributed by atoms with Crippen molar-refractivity contribution >= 4 is 26.9 Å². The van der Waals surface area contributed by atoms with Crippen LogP contribution >= 0.6 is 0 Å². The van der Waals surface area contributed by atoms with Crippen molar-refractivity contribution in [3.8, 4) is 0 Å². The van der Waals surface area contributed by atoms with E-state index in [4.69, 9.17) is 0 Å². The van der Waals surface area contributed by atoms with Crippen LogP contribution in [0.3, 0.4) is 0 Å². The van der Waals surface area contributed by atoms with Crippen molar-refractivity contribution in [3.63, 3.8) is 0 Å². The molecule has 0 amide bonds. The van der Waals surface area contributed by atoms with Gasteiger partial charge in [0, 0.05) is 0 Å². The first-order valence-electron chi connectivity index (χ1n) is 5.01. The molecule has 0 aliphatic rings. The van der Waals surface area contributed by atoms with Crippen LogP contribution in [-0.4, -0.2) is 26.9 Å². The van der Waals surface area contributed by atoms with E-state index in [1.807, 2.05) is 6.92 Å². The largest absolute Gasteiger partial charge is 0.545 e. The van der Waals surface area contributed by atoms with E-state index in [2.05, 4.69) is 0 Å². The van der Waals surface area contributed by atoms with Crippen LogP contribution in [0.1, 0.15) is 30.1 Å². The summed E-state index contributed by atoms with van der Waals surface area (Å²) in [6.07, 6.45) is 1.65. The van der Waals surface area contributed by atoms with Gasteiger partial charge in [-0.15, -0.1) is 0 Å². The van der Waals surface area contributed by atoms with Crippen molar-refractivity contribution in [1.82, 2.24) is 0 Å². The number of unbranched alkanes of at least 4 members (excludes halogenated alkanes) is 1. The Kier molecular flexibility index (Phi) is 9.18. The van der Waals surface area contributed by atoms with E-state index in [-0.39, 0.29) is 10.0 Å². The van der Waals surface area contributed by atoms with Crippen LogP contribution in [0.15, 0.2) is 30.3 Å². The van der Waals surface area contributed by atoms with Gasteiger partial charge in [-0.25, -0.2) is 0 Å². The van der Waals surface area contributed by atoms with Crippen molar-refractivity contribution in [2.45, 2.75) is 24.2 Å². The van der Waals surface area contributed by atoms with Crippen LogP contribution in [0, 0.1) is 0 Å². The number of benzene rings is 1. The predicted octanol–water partition coefficient (Wildman–Crippen LogP) is 2.26. The average Bonchev–Trinajstić information content (AvgIpc) is 2.28. The molecule has 0 unspecified atom stereocenters. The predicted molar refractivity (Wildman–Crippen MR) is 58.5 cm³/mol. The normalized spacial score (nSPS) is 8.94. The fraction of sp³-hybridized carbons (Fsp3) is 0.364. The summed E-state index contributed by atoms with van der Waals surface area (Å²) in [6.45, 7) is 1.94. The fourth-order valence-electron chi connectivity index (χ4n) is 0.885. The second-order valence-electron chi connectivity index (χ2n) is 3.10. The van der Waals surface area contributed by atoms with Gasteiger partial charge in [0.15, 0.2) is 0 Å². The number of hydrogen-bond donors (Lipinski definition) is 0. The molecule has 0 N–H and O–H groups in total. The average molecular weight is 335 g/mol. The van der Waals surface area contributed by atoms with Gasteiger partial charge in [-0.05, 0) is 5.56 Å². The van der Waals surface area contributed by atoms with E-state index in [1.54, 1.807) is 18.2 Å². The van der Waals surface area contributed by atoms with Gasteiger partial charge < -0.3 is 9.90 Å². The third-order valence-corrected chi connectivity index (χ3v) is 3.82. The number of halogens is 2. The molecule has 0 atom stereocenters. The van der Waals surface area contributed by atoms with Gasteiger partial charge in [0.2, 0.25) is 0 Å². The Labute approximate surface area is 103 Å². The summed E-state index contributed by atoms with van der Waals surface area (Å²) < 4.78 is 23.1. The van der Waals surface area contributed by atoms with Gasteiger partial charge in [0.25, 0.3) is 0 Å². The molecule has 1 aromatic carbocycles. The maximum Gasteiger partial charge on any atom is 0.0715 e. The Hall–Kier alpha value is -0.651. The first-order chi connectivity index (χ1) is 7.57. The van der Waals surface area contributed by atoms with Gasteiger partial charge >= 0.3 is 50.8 Å². The fourth-order valence-corrected chi connectivity index (χ4v) is 2.66. The van der Waals surface area contributed by atoms with E-state index in [9.17, 15) is 15.6 Å². The topological polar surface area (TPSA) is 40.1 Å². The minimum absolute atomic E-state index is 0.220. The molecule has 0 saturated carbocycles. The van der Waals surface area contributed by atoms with Crippen LogP contribution in [0.5, 0.6) is 0 Å². The van der Waals surface area contributed by atoms with E-state index in [1.165, 1.54) is 12.1 Å². The summed E-state index contributed by atoms with van der Waals surface area (Å²) in [4.78, 5) is 10.1. The number of carbonyl (C=O) groups is 1. The molecular weight excluding hydrogens is 321 g/mol. The number of rotatable bonds is 4. The third kappa shape index (κ3) is 8.64. The number of aromatic carboxylic acids is 1. The van der Waals surface area contributed by atoms with Gasteiger partial charge in [0.1, 0.15) is 0 Å². The Bertz CT molecular complexity index is 291. The number of carboxylic acids is 1. The molecule has 16 heavy (non-hydrogen) atoms. The Morgan fingerprint density at radius 2 is 1.88 bits per heavy atom. The molecule has 1 aromatic rings. The van der Waals surface area contributed by atoms with Gasteiger partial charge in [-0.3, -0.25) is 0 Å². The van der Waals surface area contributed by atoms with Crippen LogP contribution < -0.4 is 5.11 Å². The summed E-state index contributed by atoms with van der Waals surface area (Å²) in [5.74, 6) is -1.13. The van der Waals surface area contributed by atoms with Gasteiger partial charge in [0.05, 0.1) is 5.97 Å². The Morgan fingerprint density at radius 1 is 1.31 bits per heavy atom. The molecule has 0 aliphatic heterocycles. The van der Waals surface area contributed by atoms with Gasteiger partial charge in [-0.2, -0.15) is 0 Å². The molecule has 1 rings (SSSR count). The summed E-state index contributed by atoms with van der Waals surface area (Å²) in [5.41, 5.74) is 0.220. The number of hydrogen-bond acceptors (Lipinski definition) is 2. The summed E-state index contributed by atoms with van der Waals surface area (Å²) >= 11 is -3.64. The van der Waals surface area contributed by atoms with Crippen LogP contribution in [-0.2, 0) is 0 Å². The Balaban J connectivity index is 0.000000293. The van der Waals surface area contributed by atoms with Crippen LogP contribution in [0.2, 0.25) is 4.44 Å². The second kappa shape index (κ2) is 9.57. The van der Waals surface area contributed by atoms with Gasteiger partial charge in [-0.1, -0.05) is 30.3 Å². The van der Waals surface area contributed by atoms with Crippen LogP contribution in [0.25, 0.3) is 0 Å². The van der Waals surface area contributed by atoms with Crippen molar-refractivity contribution in [2.24, 2.45) is 0 Å². The van der Waals surface area contributed by atoms with E-state index >= 15 is 0 Å². The van der Waals surface area contributed by atoms with E-state index < -0.39 is 26.9 Å². The number of carboxylic acid groups (broad SMARTS) is 1. The molecule has 0 fully saturated rings. The second-order valence-corrected chi connectivity index (χ2v) is 6.46. The Morgan fingerprint density at radius 3 is 2.12 bits per heavy atom. The molecule has 0 bridgehead atoms. The summed E-state index contributed by atoms with van der Waals surface area (Å²) in [6, 6.07) is 8.06. The number of carbonyl (C=O) groups excluding carboxylic acids is 1. The standard InChI is InChI=1S/C7H6O2.C4H9.2FH.Sn/c8-7(9)6-4-2-1-3-5-6;1-3-4-2;;;/h1-5H,(H,8,9);1,3-4H2,2H3;2*1H;/q;;;;+3/p-3. The summed E-state index contributed by atoms with van der Waals surface area (Å²) in [7, 11) is 0. The van der Waals surface area contributed by atoms with E-state index in [0.29, 0.717) is 0 Å². The smallest absolute Gasteiger partial charge is 0.0715 e. The maximum atomic E-state index is 11.4. The molecule has 0 spiro atoms. The van der Waals surface area contributed by atoms with E-state index in [0.717, 1.165) is 12.8 Å². The first kappa shape index (κ1) is 15.3. The zero-order valence-corrected chi connectivity index (χ0v) is 11.9. The zero-order valence-electron chi connectivity index (χ0n) is 9.08. The molecule has 0 radical (unpaired) electrons. The van der Waals surface area contributed by atoms with Crippen molar-refractivity contribution in [2.75, 3.05) is 0 Å². The molecule has 0 aliphatic carbocycles. The SMILES string of the molecule is CCC[CH2][Sn+]([F])[F].O=C([O-])c1ccccc1. The molecule has 0 aromatic heterocycles. The molecular formula is C11H14F2O2Sn. The van der Waals surface area contributed by atoms with Crippen molar-refractivity contribution in [3.05, 3.63) is 35.9 Å². The maximum absolute atomic E-state index is 11.4. The third-order valence-electron chi connectivity index (χ3n) is 1.73. The molecule has 88 valence electrons. The van der Waals surface area contributed by atoms with Crippen LogP contribution in [0.4, 0.5) is 5.73 Å². The minimum atomic E-state index is -3.64. The first-order valence-corrected chi connectivity index (χ1v) is 9.18. The van der Waals surface area contributed by atoms with Crippen molar-refractivity contribution < 1.29 is 15.6 Å². The zero-order chi connectivity index (χ0) is 12.4. The minimum Gasteiger partial charge on any atom is -0.545 e.